The van der Waals surface area contributed by atoms with Crippen LogP contribution in [0.4, 0.5) is 0 Å². The average Bonchev–Trinajstić information content (AvgIpc) is 3.21. The summed E-state index contributed by atoms with van der Waals surface area (Å²) < 4.78 is 28.4. The molecule has 2 fully saturated rings. The molecule has 0 aromatic carbocycles. The maximum atomic E-state index is 12.6. The van der Waals surface area contributed by atoms with Crippen molar-refractivity contribution in [3.05, 3.63) is 0 Å². The van der Waals surface area contributed by atoms with E-state index >= 15 is 0 Å². The maximum absolute atomic E-state index is 12.6. The Morgan fingerprint density at radius 3 is 2.60 bits per heavy atom. The molecule has 5 nitrogen and oxygen atoms in total. The lowest BCUT2D eigenvalue weighted by Gasteiger charge is -2.38. The second kappa shape index (κ2) is 6.73. The molecule has 20 heavy (non-hydrogen) atoms. The fraction of sp³-hybridized carbons (Fsp3) is 1.00. The molecule has 0 radical (unpaired) electrons. The molecule has 1 N–H and O–H groups in total. The Morgan fingerprint density at radius 1 is 1.25 bits per heavy atom. The van der Waals surface area contributed by atoms with Gasteiger partial charge in [0.2, 0.25) is 0 Å². The summed E-state index contributed by atoms with van der Waals surface area (Å²) in [6, 6.07) is 0.806. The number of rotatable bonds is 7. The van der Waals surface area contributed by atoms with Gasteiger partial charge in [-0.05, 0) is 51.5 Å². The standard InChI is InChI=1S/C14H29N3O2S/c1-12-6-4-11-17(13(12)2)20(18,19)16(3)10-5-9-15-14-7-8-14/h12-15H,4-11H2,1-3H3. The minimum absolute atomic E-state index is 0.112. The van der Waals surface area contributed by atoms with Gasteiger partial charge in [0.1, 0.15) is 0 Å². The summed E-state index contributed by atoms with van der Waals surface area (Å²) in [4.78, 5) is 0. The number of piperidine rings is 1. The Balaban J connectivity index is 1.83. The highest BCUT2D eigenvalue weighted by atomic mass is 32.2. The number of hydrogen-bond donors (Lipinski definition) is 1. The molecule has 1 saturated carbocycles. The van der Waals surface area contributed by atoms with Gasteiger partial charge in [-0.1, -0.05) is 6.92 Å². The van der Waals surface area contributed by atoms with Gasteiger partial charge in [-0.2, -0.15) is 17.0 Å². The first-order chi connectivity index (χ1) is 9.43. The van der Waals surface area contributed by atoms with Gasteiger partial charge in [0.05, 0.1) is 0 Å². The summed E-state index contributed by atoms with van der Waals surface area (Å²) in [6.07, 6.45) is 5.53. The summed E-state index contributed by atoms with van der Waals surface area (Å²) in [6.45, 7) is 6.35. The van der Waals surface area contributed by atoms with Crippen molar-refractivity contribution in [2.24, 2.45) is 5.92 Å². The first kappa shape index (κ1) is 16.2. The zero-order chi connectivity index (χ0) is 14.8. The summed E-state index contributed by atoms with van der Waals surface area (Å²) in [7, 11) is -1.58. The van der Waals surface area contributed by atoms with E-state index in [1.54, 1.807) is 11.4 Å². The fourth-order valence-electron chi connectivity index (χ4n) is 2.81. The van der Waals surface area contributed by atoms with E-state index in [2.05, 4.69) is 12.2 Å². The van der Waals surface area contributed by atoms with E-state index in [1.807, 2.05) is 6.92 Å². The van der Waals surface area contributed by atoms with Crippen molar-refractivity contribution in [2.45, 2.75) is 58.0 Å². The Bertz CT molecular complexity index is 409. The van der Waals surface area contributed by atoms with Crippen LogP contribution in [-0.2, 0) is 10.2 Å². The highest BCUT2D eigenvalue weighted by molar-refractivity contribution is 7.86. The van der Waals surface area contributed by atoms with Crippen molar-refractivity contribution in [1.29, 1.82) is 0 Å². The lowest BCUT2D eigenvalue weighted by atomic mass is 9.94. The molecule has 1 aliphatic carbocycles. The molecule has 6 heteroatoms. The van der Waals surface area contributed by atoms with E-state index in [0.29, 0.717) is 25.0 Å². The second-order valence-corrected chi connectivity index (χ2v) is 8.37. The highest BCUT2D eigenvalue weighted by Crippen LogP contribution is 2.26. The third-order valence-electron chi connectivity index (χ3n) is 4.67. The Morgan fingerprint density at radius 2 is 1.95 bits per heavy atom. The number of nitrogens with zero attached hydrogens (tertiary/aromatic N) is 2. The molecule has 1 heterocycles. The normalized spacial score (nSPS) is 29.0. The van der Waals surface area contributed by atoms with Gasteiger partial charge in [0.15, 0.2) is 0 Å². The van der Waals surface area contributed by atoms with Crippen LogP contribution in [0.5, 0.6) is 0 Å². The summed E-state index contributed by atoms with van der Waals surface area (Å²) >= 11 is 0. The van der Waals surface area contributed by atoms with Crippen molar-refractivity contribution >= 4 is 10.2 Å². The average molecular weight is 303 g/mol. The minimum atomic E-state index is -3.29. The Kier molecular flexibility index (Phi) is 5.45. The lowest BCUT2D eigenvalue weighted by Crippen LogP contribution is -2.51. The molecule has 0 amide bonds. The Hall–Kier alpha value is -0.170. The van der Waals surface area contributed by atoms with Crippen LogP contribution in [0.1, 0.15) is 46.0 Å². The van der Waals surface area contributed by atoms with Gasteiger partial charge < -0.3 is 5.32 Å². The van der Waals surface area contributed by atoms with Gasteiger partial charge in [-0.15, -0.1) is 0 Å². The predicted octanol–water partition coefficient (Wildman–Crippen LogP) is 1.43. The molecule has 1 aliphatic heterocycles. The van der Waals surface area contributed by atoms with Gasteiger partial charge >= 0.3 is 0 Å². The highest BCUT2D eigenvalue weighted by Gasteiger charge is 2.35. The molecular formula is C14H29N3O2S. The van der Waals surface area contributed by atoms with Crippen molar-refractivity contribution in [1.82, 2.24) is 13.9 Å². The van der Waals surface area contributed by atoms with E-state index in [-0.39, 0.29) is 6.04 Å². The quantitative estimate of drug-likeness (QED) is 0.724. The van der Waals surface area contributed by atoms with Crippen LogP contribution in [0.15, 0.2) is 0 Å². The van der Waals surface area contributed by atoms with Crippen LogP contribution in [0, 0.1) is 5.92 Å². The molecule has 0 spiro atoms. The molecule has 2 unspecified atom stereocenters. The summed E-state index contributed by atoms with van der Waals surface area (Å²) in [5, 5.41) is 3.42. The van der Waals surface area contributed by atoms with Crippen molar-refractivity contribution in [2.75, 3.05) is 26.7 Å². The van der Waals surface area contributed by atoms with Crippen LogP contribution in [-0.4, -0.2) is 55.8 Å². The molecule has 0 aromatic rings. The molecule has 0 bridgehead atoms. The van der Waals surface area contributed by atoms with E-state index in [1.165, 1.54) is 17.1 Å². The lowest BCUT2D eigenvalue weighted by molar-refractivity contribution is 0.191. The molecular weight excluding hydrogens is 274 g/mol. The third kappa shape index (κ3) is 3.93. The second-order valence-electron chi connectivity index (χ2n) is 6.38. The van der Waals surface area contributed by atoms with Crippen molar-refractivity contribution in [3.63, 3.8) is 0 Å². The Labute approximate surface area is 123 Å². The minimum Gasteiger partial charge on any atom is -0.314 e. The zero-order valence-corrected chi connectivity index (χ0v) is 13.8. The fourth-order valence-corrected chi connectivity index (χ4v) is 4.52. The topological polar surface area (TPSA) is 52.7 Å². The molecule has 2 aliphatic rings. The zero-order valence-electron chi connectivity index (χ0n) is 13.0. The van der Waals surface area contributed by atoms with Crippen LogP contribution in [0.3, 0.4) is 0 Å². The van der Waals surface area contributed by atoms with Crippen molar-refractivity contribution < 1.29 is 8.42 Å². The van der Waals surface area contributed by atoms with Gasteiger partial charge in [-0.3, -0.25) is 0 Å². The predicted molar refractivity (Wildman–Crippen MR) is 81.8 cm³/mol. The van der Waals surface area contributed by atoms with E-state index in [4.69, 9.17) is 0 Å². The van der Waals surface area contributed by atoms with E-state index in [0.717, 1.165) is 25.8 Å². The smallest absolute Gasteiger partial charge is 0.281 e. The van der Waals surface area contributed by atoms with Crippen LogP contribution < -0.4 is 5.32 Å². The third-order valence-corrected chi connectivity index (χ3v) is 6.74. The molecule has 0 aromatic heterocycles. The van der Waals surface area contributed by atoms with Gasteiger partial charge in [0, 0.05) is 32.2 Å². The SMILES string of the molecule is CC1CCCN(S(=O)(=O)N(C)CCCNC2CC2)C1C. The van der Waals surface area contributed by atoms with E-state index < -0.39 is 10.2 Å². The molecule has 1 saturated heterocycles. The monoisotopic (exact) mass is 303 g/mol. The van der Waals surface area contributed by atoms with Crippen LogP contribution in [0.25, 0.3) is 0 Å². The number of hydrogen-bond acceptors (Lipinski definition) is 3. The summed E-state index contributed by atoms with van der Waals surface area (Å²) in [5.41, 5.74) is 0. The summed E-state index contributed by atoms with van der Waals surface area (Å²) in [5.74, 6) is 0.448. The maximum Gasteiger partial charge on any atom is 0.281 e. The van der Waals surface area contributed by atoms with Gasteiger partial charge in [-0.25, -0.2) is 0 Å². The molecule has 118 valence electrons. The van der Waals surface area contributed by atoms with E-state index in [9.17, 15) is 8.42 Å². The van der Waals surface area contributed by atoms with Gasteiger partial charge in [0.25, 0.3) is 10.2 Å². The van der Waals surface area contributed by atoms with Crippen molar-refractivity contribution in [3.8, 4) is 0 Å². The molecule has 2 atom stereocenters. The first-order valence-electron chi connectivity index (χ1n) is 7.89. The van der Waals surface area contributed by atoms with Crippen LogP contribution >= 0.6 is 0 Å². The number of nitrogens with one attached hydrogen (secondary N) is 1. The van der Waals surface area contributed by atoms with Crippen LogP contribution in [0.2, 0.25) is 0 Å². The largest absolute Gasteiger partial charge is 0.314 e. The molecule has 2 rings (SSSR count). The first-order valence-corrected chi connectivity index (χ1v) is 9.29.